The number of piperazine rings is 1. The van der Waals surface area contributed by atoms with Gasteiger partial charge in [-0.15, -0.1) is 0 Å². The molecule has 0 saturated carbocycles. The predicted molar refractivity (Wildman–Crippen MR) is 120 cm³/mol. The van der Waals surface area contributed by atoms with Gasteiger partial charge in [-0.3, -0.25) is 19.7 Å². The van der Waals surface area contributed by atoms with E-state index in [4.69, 9.17) is 0 Å². The van der Waals surface area contributed by atoms with Gasteiger partial charge in [0.25, 0.3) is 17.5 Å². The Morgan fingerprint density at radius 2 is 1.39 bits per heavy atom. The fourth-order valence-electron chi connectivity index (χ4n) is 3.67. The molecule has 2 aromatic carbocycles. The Labute approximate surface area is 182 Å². The summed E-state index contributed by atoms with van der Waals surface area (Å²) in [6.07, 6.45) is 0. The SMILES string of the molecule is CC(C)c1ccc(C(=O)N2CCN(C(=O)c3ccc(N(C)C)c([N+](=O)[O-])c3)CC2)cc1. The Balaban J connectivity index is 1.66. The minimum atomic E-state index is -0.479. The first-order chi connectivity index (χ1) is 14.7. The van der Waals surface area contributed by atoms with Gasteiger partial charge < -0.3 is 14.7 Å². The van der Waals surface area contributed by atoms with Crippen LogP contribution in [-0.2, 0) is 0 Å². The van der Waals surface area contributed by atoms with Crippen molar-refractivity contribution < 1.29 is 14.5 Å². The minimum absolute atomic E-state index is 0.0478. The molecule has 164 valence electrons. The van der Waals surface area contributed by atoms with Crippen molar-refractivity contribution in [1.82, 2.24) is 9.80 Å². The Kier molecular flexibility index (Phi) is 6.58. The van der Waals surface area contributed by atoms with Crippen LogP contribution in [0.4, 0.5) is 11.4 Å². The first-order valence-electron chi connectivity index (χ1n) is 10.3. The van der Waals surface area contributed by atoms with Crippen LogP contribution in [0.3, 0.4) is 0 Å². The maximum Gasteiger partial charge on any atom is 0.293 e. The van der Waals surface area contributed by atoms with E-state index in [0.717, 1.165) is 0 Å². The van der Waals surface area contributed by atoms with Gasteiger partial charge in [0.15, 0.2) is 0 Å². The molecule has 1 heterocycles. The van der Waals surface area contributed by atoms with Crippen molar-refractivity contribution in [2.75, 3.05) is 45.2 Å². The molecule has 0 bridgehead atoms. The van der Waals surface area contributed by atoms with Crippen molar-refractivity contribution in [2.24, 2.45) is 0 Å². The van der Waals surface area contributed by atoms with E-state index in [1.165, 1.54) is 11.6 Å². The van der Waals surface area contributed by atoms with Crippen LogP contribution in [0.5, 0.6) is 0 Å². The highest BCUT2D eigenvalue weighted by molar-refractivity contribution is 5.97. The van der Waals surface area contributed by atoms with Crippen molar-refractivity contribution in [3.8, 4) is 0 Å². The lowest BCUT2D eigenvalue weighted by Gasteiger charge is -2.35. The van der Waals surface area contributed by atoms with Crippen molar-refractivity contribution in [1.29, 1.82) is 0 Å². The normalized spacial score (nSPS) is 14.0. The van der Waals surface area contributed by atoms with Gasteiger partial charge in [-0.1, -0.05) is 26.0 Å². The third-order valence-electron chi connectivity index (χ3n) is 5.58. The fraction of sp³-hybridized carbons (Fsp3) is 0.391. The molecule has 0 atom stereocenters. The van der Waals surface area contributed by atoms with Gasteiger partial charge in [-0.2, -0.15) is 0 Å². The summed E-state index contributed by atoms with van der Waals surface area (Å²) in [6, 6.07) is 12.2. The number of hydrogen-bond acceptors (Lipinski definition) is 5. The molecule has 1 fully saturated rings. The number of benzene rings is 2. The molecule has 2 aromatic rings. The Hall–Kier alpha value is -3.42. The highest BCUT2D eigenvalue weighted by Crippen LogP contribution is 2.28. The van der Waals surface area contributed by atoms with E-state index in [1.807, 2.05) is 24.3 Å². The van der Waals surface area contributed by atoms with Gasteiger partial charge in [0.1, 0.15) is 5.69 Å². The molecular weight excluding hydrogens is 396 g/mol. The topological polar surface area (TPSA) is 87.0 Å². The summed E-state index contributed by atoms with van der Waals surface area (Å²) in [7, 11) is 3.44. The van der Waals surface area contributed by atoms with Crippen molar-refractivity contribution >= 4 is 23.2 Å². The lowest BCUT2D eigenvalue weighted by Crippen LogP contribution is -2.50. The summed E-state index contributed by atoms with van der Waals surface area (Å²) in [5.41, 5.74) is 2.44. The first kappa shape index (κ1) is 22.3. The van der Waals surface area contributed by atoms with Gasteiger partial charge in [0.2, 0.25) is 0 Å². The number of nitro benzene ring substituents is 1. The number of amides is 2. The van der Waals surface area contributed by atoms with Crippen molar-refractivity contribution in [2.45, 2.75) is 19.8 Å². The molecule has 1 aliphatic rings. The van der Waals surface area contributed by atoms with Gasteiger partial charge >= 0.3 is 0 Å². The van der Waals surface area contributed by atoms with Gasteiger partial charge in [0.05, 0.1) is 4.92 Å². The molecule has 8 heteroatoms. The number of carbonyl (C=O) groups excluding carboxylic acids is 2. The molecule has 1 saturated heterocycles. The van der Waals surface area contributed by atoms with Crippen LogP contribution >= 0.6 is 0 Å². The largest absolute Gasteiger partial charge is 0.372 e. The summed E-state index contributed by atoms with van der Waals surface area (Å²) in [4.78, 5) is 41.6. The number of anilines is 1. The quantitative estimate of drug-likeness (QED) is 0.542. The molecular formula is C23H28N4O4. The lowest BCUT2D eigenvalue weighted by molar-refractivity contribution is -0.384. The van der Waals surface area contributed by atoms with Crippen LogP contribution in [-0.4, -0.2) is 66.8 Å². The zero-order chi connectivity index (χ0) is 22.7. The van der Waals surface area contributed by atoms with Gasteiger partial charge in [-0.25, -0.2) is 0 Å². The van der Waals surface area contributed by atoms with Crippen molar-refractivity contribution in [3.63, 3.8) is 0 Å². The van der Waals surface area contributed by atoms with Crippen LogP contribution in [0, 0.1) is 10.1 Å². The zero-order valence-corrected chi connectivity index (χ0v) is 18.4. The van der Waals surface area contributed by atoms with E-state index in [1.54, 1.807) is 40.9 Å². The zero-order valence-electron chi connectivity index (χ0n) is 18.4. The maximum absolute atomic E-state index is 12.9. The average Bonchev–Trinajstić information content (AvgIpc) is 2.77. The van der Waals surface area contributed by atoms with E-state index in [2.05, 4.69) is 13.8 Å². The Morgan fingerprint density at radius 3 is 1.84 bits per heavy atom. The summed E-state index contributed by atoms with van der Waals surface area (Å²) in [5, 5.41) is 11.4. The fourth-order valence-corrected chi connectivity index (χ4v) is 3.67. The predicted octanol–water partition coefficient (Wildman–Crippen LogP) is 3.38. The van der Waals surface area contributed by atoms with E-state index in [0.29, 0.717) is 43.3 Å². The molecule has 1 aliphatic heterocycles. The molecule has 31 heavy (non-hydrogen) atoms. The third-order valence-corrected chi connectivity index (χ3v) is 5.58. The van der Waals surface area contributed by atoms with Gasteiger partial charge in [-0.05, 0) is 35.7 Å². The van der Waals surface area contributed by atoms with Crippen molar-refractivity contribution in [3.05, 3.63) is 69.3 Å². The number of carbonyl (C=O) groups is 2. The monoisotopic (exact) mass is 424 g/mol. The molecule has 2 amide bonds. The maximum atomic E-state index is 12.9. The number of hydrogen-bond donors (Lipinski definition) is 0. The lowest BCUT2D eigenvalue weighted by atomic mass is 10.0. The molecule has 0 radical (unpaired) electrons. The van der Waals surface area contributed by atoms with E-state index < -0.39 is 4.92 Å². The number of nitrogens with zero attached hydrogens (tertiary/aromatic N) is 4. The highest BCUT2D eigenvalue weighted by Gasteiger charge is 2.27. The molecule has 3 rings (SSSR count). The van der Waals surface area contributed by atoms with E-state index in [-0.39, 0.29) is 23.1 Å². The molecule has 8 nitrogen and oxygen atoms in total. The second-order valence-electron chi connectivity index (χ2n) is 8.22. The average molecular weight is 425 g/mol. The summed E-state index contributed by atoms with van der Waals surface area (Å²) in [6.45, 7) is 5.84. The molecule has 0 spiro atoms. The molecule has 0 N–H and O–H groups in total. The molecule has 0 unspecified atom stereocenters. The summed E-state index contributed by atoms with van der Waals surface area (Å²) >= 11 is 0. The highest BCUT2D eigenvalue weighted by atomic mass is 16.6. The van der Waals surface area contributed by atoms with Gasteiger partial charge in [0, 0.05) is 57.5 Å². The smallest absolute Gasteiger partial charge is 0.293 e. The third kappa shape index (κ3) is 4.84. The summed E-state index contributed by atoms with van der Waals surface area (Å²) in [5.74, 6) is 0.0940. The number of rotatable bonds is 5. The van der Waals surface area contributed by atoms with Crippen LogP contribution in [0.25, 0.3) is 0 Å². The van der Waals surface area contributed by atoms with Crippen LogP contribution < -0.4 is 4.90 Å². The minimum Gasteiger partial charge on any atom is -0.372 e. The van der Waals surface area contributed by atoms with Crippen LogP contribution in [0.2, 0.25) is 0 Å². The second-order valence-corrected chi connectivity index (χ2v) is 8.22. The standard InChI is InChI=1S/C23H28N4O4/c1-16(2)17-5-7-18(8-6-17)22(28)25-11-13-26(14-12-25)23(29)19-9-10-20(24(3)4)21(15-19)27(30)31/h5-10,15-16H,11-14H2,1-4H3. The first-order valence-corrected chi connectivity index (χ1v) is 10.3. The summed E-state index contributed by atoms with van der Waals surface area (Å²) < 4.78 is 0. The molecule has 0 aliphatic carbocycles. The van der Waals surface area contributed by atoms with E-state index >= 15 is 0 Å². The van der Waals surface area contributed by atoms with Crippen LogP contribution in [0.15, 0.2) is 42.5 Å². The Bertz CT molecular complexity index is 978. The number of nitro groups is 1. The van der Waals surface area contributed by atoms with Crippen LogP contribution in [0.1, 0.15) is 46.0 Å². The Morgan fingerprint density at radius 1 is 0.903 bits per heavy atom. The van der Waals surface area contributed by atoms with E-state index in [9.17, 15) is 19.7 Å². The second kappa shape index (κ2) is 9.16. The molecule has 0 aromatic heterocycles.